The highest BCUT2D eigenvalue weighted by Gasteiger charge is 2.22. The second kappa shape index (κ2) is 14.8. The van der Waals surface area contributed by atoms with Crippen LogP contribution in [-0.2, 0) is 0 Å². The highest BCUT2D eigenvalue weighted by molar-refractivity contribution is 6.18. The normalized spacial score (nSPS) is 11.5. The quantitative estimate of drug-likeness (QED) is 0.161. The van der Waals surface area contributed by atoms with Crippen LogP contribution in [0.15, 0.2) is 231 Å². The fourth-order valence-electron chi connectivity index (χ4n) is 9.36. The van der Waals surface area contributed by atoms with E-state index in [0.29, 0.717) is 5.82 Å². The highest BCUT2D eigenvalue weighted by atomic mass is 14.9. The molecule has 2 heteroatoms. The average molecular weight is 787 g/mol. The third kappa shape index (κ3) is 6.20. The van der Waals surface area contributed by atoms with E-state index >= 15 is 0 Å². The maximum atomic E-state index is 5.12. The summed E-state index contributed by atoms with van der Waals surface area (Å²) in [6, 6.07) is 82.9. The Labute approximate surface area is 361 Å². The van der Waals surface area contributed by atoms with E-state index in [-0.39, 0.29) is 0 Å². The summed E-state index contributed by atoms with van der Waals surface area (Å²) in [6.07, 6.45) is 0. The molecule has 0 saturated heterocycles. The van der Waals surface area contributed by atoms with Gasteiger partial charge >= 0.3 is 0 Å². The van der Waals surface area contributed by atoms with E-state index in [0.717, 1.165) is 33.6 Å². The lowest BCUT2D eigenvalue weighted by Crippen LogP contribution is -1.96. The summed E-state index contributed by atoms with van der Waals surface area (Å²) < 4.78 is 0. The topological polar surface area (TPSA) is 25.8 Å². The predicted molar refractivity (Wildman–Crippen MR) is 260 cm³/mol. The third-order valence-corrected chi connectivity index (χ3v) is 12.5. The van der Waals surface area contributed by atoms with Crippen LogP contribution in [0.25, 0.3) is 122 Å². The minimum absolute atomic E-state index is 0.707. The molecule has 1 aliphatic carbocycles. The SMILES string of the molecule is c1ccc(-c2ccc(-c3cc(-c4ccc(-c5cc(-c6ccc(-c7ccc8c9c(cccc79)-c7ccccc7-8)cc6)c6ccccc6c5)cc4)nc(-c4ccccc4)n3)cc2)cc1. The number of nitrogens with zero attached hydrogens (tertiary/aromatic N) is 2. The molecule has 0 spiro atoms. The number of hydrogen-bond donors (Lipinski definition) is 0. The minimum atomic E-state index is 0.707. The summed E-state index contributed by atoms with van der Waals surface area (Å²) in [6.45, 7) is 0. The van der Waals surface area contributed by atoms with Crippen LogP contribution in [0.4, 0.5) is 0 Å². The molecule has 1 heterocycles. The molecular formula is C60H38N2. The van der Waals surface area contributed by atoms with E-state index in [1.807, 2.05) is 24.3 Å². The summed E-state index contributed by atoms with van der Waals surface area (Å²) in [7, 11) is 0. The Morgan fingerprint density at radius 1 is 0.226 bits per heavy atom. The molecular weight excluding hydrogens is 749 g/mol. The predicted octanol–water partition coefficient (Wildman–Crippen LogP) is 16.1. The van der Waals surface area contributed by atoms with Crippen molar-refractivity contribution >= 4 is 21.5 Å². The van der Waals surface area contributed by atoms with E-state index in [1.54, 1.807) is 0 Å². The van der Waals surface area contributed by atoms with Gasteiger partial charge in [-0.05, 0) is 107 Å². The highest BCUT2D eigenvalue weighted by Crippen LogP contribution is 2.49. The maximum absolute atomic E-state index is 5.12. The first kappa shape index (κ1) is 35.7. The van der Waals surface area contributed by atoms with Gasteiger partial charge < -0.3 is 0 Å². The number of benzene rings is 10. The van der Waals surface area contributed by atoms with Gasteiger partial charge in [0.2, 0.25) is 0 Å². The second-order valence-electron chi connectivity index (χ2n) is 16.1. The molecule has 0 N–H and O–H groups in total. The molecule has 2 nitrogen and oxygen atoms in total. The maximum Gasteiger partial charge on any atom is 0.160 e. The van der Waals surface area contributed by atoms with Crippen LogP contribution in [-0.4, -0.2) is 9.97 Å². The van der Waals surface area contributed by atoms with Crippen molar-refractivity contribution in [2.24, 2.45) is 0 Å². The first-order chi connectivity index (χ1) is 30.7. The van der Waals surface area contributed by atoms with Crippen LogP contribution in [0.1, 0.15) is 0 Å². The molecule has 1 aromatic heterocycles. The molecule has 10 aromatic carbocycles. The second-order valence-corrected chi connectivity index (χ2v) is 16.1. The van der Waals surface area contributed by atoms with E-state index in [4.69, 9.17) is 9.97 Å². The van der Waals surface area contributed by atoms with Crippen molar-refractivity contribution in [2.75, 3.05) is 0 Å². The Bertz CT molecular complexity index is 3430. The fraction of sp³-hybridized carbons (Fsp3) is 0. The van der Waals surface area contributed by atoms with Gasteiger partial charge in [-0.25, -0.2) is 9.97 Å². The number of hydrogen-bond acceptors (Lipinski definition) is 2. The van der Waals surface area contributed by atoms with Crippen molar-refractivity contribution < 1.29 is 0 Å². The van der Waals surface area contributed by atoms with E-state index in [2.05, 4.69) is 206 Å². The van der Waals surface area contributed by atoms with Crippen molar-refractivity contribution in [1.82, 2.24) is 9.97 Å². The van der Waals surface area contributed by atoms with E-state index in [9.17, 15) is 0 Å². The van der Waals surface area contributed by atoms with Crippen molar-refractivity contribution in [2.45, 2.75) is 0 Å². The molecule has 0 amide bonds. The van der Waals surface area contributed by atoms with Crippen LogP contribution < -0.4 is 0 Å². The van der Waals surface area contributed by atoms with Gasteiger partial charge in [0.15, 0.2) is 5.82 Å². The summed E-state index contributed by atoms with van der Waals surface area (Å²) in [5.41, 5.74) is 19.7. The minimum Gasteiger partial charge on any atom is -0.228 e. The Kier molecular flexibility index (Phi) is 8.53. The van der Waals surface area contributed by atoms with Gasteiger partial charge in [0, 0.05) is 16.7 Å². The summed E-state index contributed by atoms with van der Waals surface area (Å²) in [5, 5.41) is 5.10. The summed E-state index contributed by atoms with van der Waals surface area (Å²) in [5.74, 6) is 0.707. The van der Waals surface area contributed by atoms with Gasteiger partial charge in [-0.2, -0.15) is 0 Å². The Hall–Kier alpha value is -8.20. The van der Waals surface area contributed by atoms with Gasteiger partial charge in [-0.1, -0.05) is 212 Å². The molecule has 11 aromatic rings. The lowest BCUT2D eigenvalue weighted by molar-refractivity contribution is 1.18. The van der Waals surface area contributed by atoms with Crippen LogP contribution >= 0.6 is 0 Å². The standard InChI is InChI=1S/C60H38N2/c1-3-12-39(13-4-1)40-22-30-44(31-23-40)57-38-58(62-60(61-57)46-14-5-2-6-15-46)45-32-24-41(25-33-45)48-36-47-16-7-8-17-49(47)56(37-48)43-28-26-42(27-29-43)50-34-35-55-52-19-10-9-18-51(52)54-21-11-20-53(50)59(54)55/h1-38H. The molecule has 0 unspecified atom stereocenters. The molecule has 0 fully saturated rings. The first-order valence-electron chi connectivity index (χ1n) is 21.2. The molecule has 288 valence electrons. The van der Waals surface area contributed by atoms with Crippen LogP contribution in [0.2, 0.25) is 0 Å². The lowest BCUT2D eigenvalue weighted by Gasteiger charge is -2.14. The molecule has 0 atom stereocenters. The van der Waals surface area contributed by atoms with Gasteiger partial charge in [0.1, 0.15) is 0 Å². The number of aromatic nitrogens is 2. The molecule has 0 bridgehead atoms. The van der Waals surface area contributed by atoms with E-state index < -0.39 is 0 Å². The largest absolute Gasteiger partial charge is 0.228 e. The zero-order valence-corrected chi connectivity index (χ0v) is 33.8. The summed E-state index contributed by atoms with van der Waals surface area (Å²) in [4.78, 5) is 10.2. The van der Waals surface area contributed by atoms with Crippen LogP contribution in [0, 0.1) is 0 Å². The first-order valence-corrected chi connectivity index (χ1v) is 21.2. The number of rotatable bonds is 7. The van der Waals surface area contributed by atoms with Gasteiger partial charge in [0.05, 0.1) is 11.4 Å². The van der Waals surface area contributed by atoms with Gasteiger partial charge in [0.25, 0.3) is 0 Å². The molecule has 0 radical (unpaired) electrons. The van der Waals surface area contributed by atoms with Gasteiger partial charge in [-0.15, -0.1) is 0 Å². The van der Waals surface area contributed by atoms with Crippen LogP contribution in [0.5, 0.6) is 0 Å². The third-order valence-electron chi connectivity index (χ3n) is 12.5. The zero-order valence-electron chi connectivity index (χ0n) is 33.8. The smallest absolute Gasteiger partial charge is 0.160 e. The Morgan fingerprint density at radius 3 is 1.34 bits per heavy atom. The van der Waals surface area contributed by atoms with Crippen molar-refractivity contribution in [3.8, 4) is 101 Å². The van der Waals surface area contributed by atoms with Gasteiger partial charge in [-0.3, -0.25) is 0 Å². The lowest BCUT2D eigenvalue weighted by atomic mass is 9.90. The van der Waals surface area contributed by atoms with Crippen LogP contribution in [0.3, 0.4) is 0 Å². The Balaban J connectivity index is 0.889. The zero-order chi connectivity index (χ0) is 41.0. The van der Waals surface area contributed by atoms with Crippen molar-refractivity contribution in [3.63, 3.8) is 0 Å². The average Bonchev–Trinajstić information content (AvgIpc) is 3.69. The molecule has 0 saturated carbocycles. The van der Waals surface area contributed by atoms with Crippen molar-refractivity contribution in [3.05, 3.63) is 231 Å². The molecule has 1 aliphatic rings. The van der Waals surface area contributed by atoms with E-state index in [1.165, 1.54) is 82.7 Å². The monoisotopic (exact) mass is 786 g/mol. The number of fused-ring (bicyclic) bond motifs is 4. The molecule has 62 heavy (non-hydrogen) atoms. The Morgan fingerprint density at radius 2 is 0.677 bits per heavy atom. The summed E-state index contributed by atoms with van der Waals surface area (Å²) >= 11 is 0. The molecule has 12 rings (SSSR count). The fourth-order valence-corrected chi connectivity index (χ4v) is 9.36. The van der Waals surface area contributed by atoms with Crippen molar-refractivity contribution in [1.29, 1.82) is 0 Å². The molecule has 0 aliphatic heterocycles.